The van der Waals surface area contributed by atoms with Gasteiger partial charge in [-0.3, -0.25) is 9.59 Å². The number of carbonyl (C=O) groups excluding carboxylic acids is 5. The number of hydrogen-bond acceptors (Lipinski definition) is 8. The molecule has 1 aromatic rings. The molecule has 10 heteroatoms. The zero-order chi connectivity index (χ0) is 22.4. The summed E-state index contributed by atoms with van der Waals surface area (Å²) in [4.78, 5) is 61.0. The van der Waals surface area contributed by atoms with Gasteiger partial charge in [0.15, 0.2) is 0 Å². The normalized spacial score (nSPS) is 15.7. The van der Waals surface area contributed by atoms with Crippen molar-refractivity contribution in [3.63, 3.8) is 0 Å². The van der Waals surface area contributed by atoms with Crippen LogP contribution in [0.1, 0.15) is 41.0 Å². The molecule has 0 radical (unpaired) electrons. The summed E-state index contributed by atoms with van der Waals surface area (Å²) < 4.78 is 14.3. The molecule has 1 heterocycles. The number of rotatable bonds is 6. The highest BCUT2D eigenvalue weighted by atomic mass is 16.5. The Kier molecular flexibility index (Phi) is 7.29. The van der Waals surface area contributed by atoms with Gasteiger partial charge in [-0.2, -0.15) is 0 Å². The van der Waals surface area contributed by atoms with E-state index in [9.17, 15) is 24.0 Å². The Labute approximate surface area is 172 Å². The molecule has 160 valence electrons. The van der Waals surface area contributed by atoms with Crippen LogP contribution in [0.4, 0.5) is 5.69 Å². The van der Waals surface area contributed by atoms with Crippen LogP contribution >= 0.6 is 0 Å². The SMILES string of the molecule is CCOC(=O)C1=C(C)NC(=O)C[C@H]1C(=O)Nc1cc(C(=O)OC)cc(C(=O)OC)c1. The third kappa shape index (κ3) is 5.02. The lowest BCUT2D eigenvalue weighted by Crippen LogP contribution is -2.40. The summed E-state index contributed by atoms with van der Waals surface area (Å²) >= 11 is 0. The van der Waals surface area contributed by atoms with Gasteiger partial charge < -0.3 is 24.8 Å². The molecule has 0 aliphatic carbocycles. The van der Waals surface area contributed by atoms with Gasteiger partial charge in [0.2, 0.25) is 11.8 Å². The largest absolute Gasteiger partial charge is 0.465 e. The van der Waals surface area contributed by atoms with E-state index in [-0.39, 0.29) is 41.1 Å². The molecule has 1 atom stereocenters. The number of anilines is 1. The first-order valence-corrected chi connectivity index (χ1v) is 9.02. The summed E-state index contributed by atoms with van der Waals surface area (Å²) in [5, 5.41) is 5.06. The third-order valence-electron chi connectivity index (χ3n) is 4.32. The number of hydrogen-bond donors (Lipinski definition) is 2. The van der Waals surface area contributed by atoms with Crippen molar-refractivity contribution in [2.24, 2.45) is 5.92 Å². The lowest BCUT2D eigenvalue weighted by molar-refractivity contribution is -0.141. The first-order valence-electron chi connectivity index (χ1n) is 9.02. The van der Waals surface area contributed by atoms with E-state index in [0.29, 0.717) is 0 Å². The highest BCUT2D eigenvalue weighted by molar-refractivity contribution is 6.07. The minimum absolute atomic E-state index is 0.00873. The van der Waals surface area contributed by atoms with Crippen molar-refractivity contribution < 1.29 is 38.2 Å². The molecule has 2 amide bonds. The van der Waals surface area contributed by atoms with Crippen LogP contribution in [-0.4, -0.2) is 50.5 Å². The van der Waals surface area contributed by atoms with Crippen LogP contribution in [0.15, 0.2) is 29.5 Å². The summed E-state index contributed by atoms with van der Waals surface area (Å²) in [5.74, 6) is -4.38. The number of amides is 2. The maximum atomic E-state index is 12.9. The number of esters is 3. The van der Waals surface area contributed by atoms with Gasteiger partial charge in [-0.05, 0) is 32.0 Å². The molecule has 0 bridgehead atoms. The molecule has 1 aliphatic heterocycles. The second-order valence-electron chi connectivity index (χ2n) is 6.34. The zero-order valence-corrected chi connectivity index (χ0v) is 17.0. The highest BCUT2D eigenvalue weighted by Gasteiger charge is 2.36. The van der Waals surface area contributed by atoms with Crippen LogP contribution < -0.4 is 10.6 Å². The molecule has 30 heavy (non-hydrogen) atoms. The summed E-state index contributed by atoms with van der Waals surface area (Å²) in [6.07, 6.45) is -0.266. The first-order chi connectivity index (χ1) is 14.2. The van der Waals surface area contributed by atoms with Gasteiger partial charge in [0.25, 0.3) is 0 Å². The fourth-order valence-electron chi connectivity index (χ4n) is 3.00. The van der Waals surface area contributed by atoms with Gasteiger partial charge in [0.05, 0.1) is 43.4 Å². The smallest absolute Gasteiger partial charge is 0.337 e. The average molecular weight is 418 g/mol. The van der Waals surface area contributed by atoms with E-state index in [0.717, 1.165) is 0 Å². The fourth-order valence-corrected chi connectivity index (χ4v) is 3.00. The van der Waals surface area contributed by atoms with E-state index in [1.54, 1.807) is 6.92 Å². The number of nitrogens with one attached hydrogen (secondary N) is 2. The Morgan fingerprint density at radius 3 is 2.10 bits per heavy atom. The molecule has 0 fully saturated rings. The zero-order valence-electron chi connectivity index (χ0n) is 17.0. The Balaban J connectivity index is 2.40. The van der Waals surface area contributed by atoms with Crippen LogP contribution in [0.5, 0.6) is 0 Å². The van der Waals surface area contributed by atoms with Crippen molar-refractivity contribution in [1.82, 2.24) is 5.32 Å². The molecule has 0 saturated carbocycles. The molecule has 1 aliphatic rings. The van der Waals surface area contributed by atoms with Crippen molar-refractivity contribution in [2.75, 3.05) is 26.1 Å². The lowest BCUT2D eigenvalue weighted by atomic mass is 9.89. The van der Waals surface area contributed by atoms with E-state index >= 15 is 0 Å². The van der Waals surface area contributed by atoms with Crippen molar-refractivity contribution in [3.8, 4) is 0 Å². The summed E-state index contributed by atoms with van der Waals surface area (Å²) in [5.41, 5.74) is 0.369. The number of ether oxygens (including phenoxy) is 3. The van der Waals surface area contributed by atoms with Gasteiger partial charge >= 0.3 is 17.9 Å². The molecule has 0 aromatic heterocycles. The molecule has 0 saturated heterocycles. The predicted octanol–water partition coefficient (Wildman–Crippen LogP) is 1.17. The maximum Gasteiger partial charge on any atom is 0.337 e. The Hall–Kier alpha value is -3.69. The molecular weight excluding hydrogens is 396 g/mol. The molecule has 0 unspecified atom stereocenters. The molecule has 10 nitrogen and oxygen atoms in total. The number of allylic oxidation sites excluding steroid dienone is 1. The number of methoxy groups -OCH3 is 2. The number of carbonyl (C=O) groups is 5. The van der Waals surface area contributed by atoms with E-state index in [4.69, 9.17) is 4.74 Å². The van der Waals surface area contributed by atoms with Crippen LogP contribution in [0.2, 0.25) is 0 Å². The van der Waals surface area contributed by atoms with E-state index in [1.165, 1.54) is 39.3 Å². The topological polar surface area (TPSA) is 137 Å². The number of benzene rings is 1. The molecule has 1 aromatic carbocycles. The fraction of sp³-hybridized carbons (Fsp3) is 0.350. The van der Waals surface area contributed by atoms with Crippen LogP contribution in [0.3, 0.4) is 0 Å². The molecule has 2 N–H and O–H groups in total. The molecule has 0 spiro atoms. The highest BCUT2D eigenvalue weighted by Crippen LogP contribution is 2.26. The first kappa shape index (κ1) is 22.6. The predicted molar refractivity (Wildman–Crippen MR) is 103 cm³/mol. The minimum atomic E-state index is -1.11. The monoisotopic (exact) mass is 418 g/mol. The summed E-state index contributed by atoms with van der Waals surface area (Å²) in [6, 6.07) is 3.87. The van der Waals surface area contributed by atoms with Gasteiger partial charge in [-0.25, -0.2) is 14.4 Å². The van der Waals surface area contributed by atoms with Crippen LogP contribution in [-0.2, 0) is 28.6 Å². The Bertz CT molecular complexity index is 900. The third-order valence-corrected chi connectivity index (χ3v) is 4.32. The Morgan fingerprint density at radius 2 is 1.60 bits per heavy atom. The van der Waals surface area contributed by atoms with E-state index < -0.39 is 35.6 Å². The van der Waals surface area contributed by atoms with Gasteiger partial charge in [-0.1, -0.05) is 0 Å². The lowest BCUT2D eigenvalue weighted by Gasteiger charge is -2.25. The van der Waals surface area contributed by atoms with Gasteiger partial charge in [-0.15, -0.1) is 0 Å². The van der Waals surface area contributed by atoms with Gasteiger partial charge in [0.1, 0.15) is 0 Å². The second-order valence-corrected chi connectivity index (χ2v) is 6.34. The van der Waals surface area contributed by atoms with Crippen LogP contribution in [0.25, 0.3) is 0 Å². The molecular formula is C20H22N2O8. The molecule has 2 rings (SSSR count). The second kappa shape index (κ2) is 9.68. The van der Waals surface area contributed by atoms with E-state index in [1.807, 2.05) is 0 Å². The maximum absolute atomic E-state index is 12.9. The van der Waals surface area contributed by atoms with E-state index in [2.05, 4.69) is 20.1 Å². The van der Waals surface area contributed by atoms with Crippen LogP contribution in [0, 0.1) is 5.92 Å². The minimum Gasteiger partial charge on any atom is -0.465 e. The summed E-state index contributed by atoms with van der Waals surface area (Å²) in [7, 11) is 2.34. The van der Waals surface area contributed by atoms with Crippen molar-refractivity contribution in [1.29, 1.82) is 0 Å². The van der Waals surface area contributed by atoms with Crippen molar-refractivity contribution in [2.45, 2.75) is 20.3 Å². The standard InChI is InChI=1S/C20H22N2O8/c1-5-30-20(27)16-10(2)21-15(23)9-14(16)17(24)22-13-7-11(18(25)28-3)6-12(8-13)19(26)29-4/h6-8,14H,5,9H2,1-4H3,(H,21,23)(H,22,24)/t14-/m1/s1. The average Bonchev–Trinajstić information content (AvgIpc) is 2.71. The van der Waals surface area contributed by atoms with Gasteiger partial charge in [0, 0.05) is 17.8 Å². The Morgan fingerprint density at radius 1 is 1.03 bits per heavy atom. The summed E-state index contributed by atoms with van der Waals surface area (Å²) in [6.45, 7) is 3.22. The van der Waals surface area contributed by atoms with Crippen molar-refractivity contribution >= 4 is 35.4 Å². The van der Waals surface area contributed by atoms with Crippen molar-refractivity contribution in [3.05, 3.63) is 40.6 Å². The quantitative estimate of drug-likeness (QED) is 0.519.